The van der Waals surface area contributed by atoms with Gasteiger partial charge in [-0.25, -0.2) is 9.97 Å². The van der Waals surface area contributed by atoms with Crippen LogP contribution in [0, 0.1) is 0 Å². The SMILES string of the molecule is Nc1cc(Cl)nc(Sc2nccs2)c1. The number of rotatable bonds is 2. The van der Waals surface area contributed by atoms with Crippen LogP contribution in [-0.2, 0) is 0 Å². The van der Waals surface area contributed by atoms with Gasteiger partial charge in [0.25, 0.3) is 0 Å². The minimum Gasteiger partial charge on any atom is -0.399 e. The van der Waals surface area contributed by atoms with Crippen molar-refractivity contribution < 1.29 is 0 Å². The van der Waals surface area contributed by atoms with Crippen LogP contribution in [0.4, 0.5) is 5.69 Å². The van der Waals surface area contributed by atoms with E-state index >= 15 is 0 Å². The number of pyridine rings is 1. The molecular formula is C8H6ClN3S2. The first-order chi connectivity index (χ1) is 6.74. The molecule has 0 spiro atoms. The van der Waals surface area contributed by atoms with E-state index in [1.165, 1.54) is 11.8 Å². The second-order valence-corrected chi connectivity index (χ2v) is 5.01. The quantitative estimate of drug-likeness (QED) is 0.824. The van der Waals surface area contributed by atoms with Crippen LogP contribution in [0.3, 0.4) is 0 Å². The molecule has 14 heavy (non-hydrogen) atoms. The molecule has 0 radical (unpaired) electrons. The minimum atomic E-state index is 0.407. The van der Waals surface area contributed by atoms with Gasteiger partial charge in [0.15, 0.2) is 4.34 Å². The maximum atomic E-state index is 5.77. The summed E-state index contributed by atoms with van der Waals surface area (Å²) in [5, 5.41) is 3.09. The third-order valence-corrected chi connectivity index (χ3v) is 3.39. The molecule has 0 unspecified atom stereocenters. The first-order valence-corrected chi connectivity index (χ1v) is 5.82. The predicted octanol–water partition coefficient (Wildman–Crippen LogP) is 2.92. The molecule has 0 saturated heterocycles. The fourth-order valence-corrected chi connectivity index (χ4v) is 2.77. The van der Waals surface area contributed by atoms with Gasteiger partial charge in [-0.05, 0) is 23.9 Å². The molecule has 0 fully saturated rings. The van der Waals surface area contributed by atoms with Gasteiger partial charge >= 0.3 is 0 Å². The van der Waals surface area contributed by atoms with Crippen molar-refractivity contribution in [2.45, 2.75) is 9.37 Å². The summed E-state index contributed by atoms with van der Waals surface area (Å²) < 4.78 is 0.930. The molecule has 0 aliphatic heterocycles. The number of nitrogen functional groups attached to an aromatic ring is 1. The largest absolute Gasteiger partial charge is 0.399 e. The van der Waals surface area contributed by atoms with Crippen LogP contribution in [0.25, 0.3) is 0 Å². The van der Waals surface area contributed by atoms with E-state index in [9.17, 15) is 0 Å². The zero-order valence-electron chi connectivity index (χ0n) is 6.98. The average molecular weight is 244 g/mol. The van der Waals surface area contributed by atoms with Gasteiger partial charge in [-0.2, -0.15) is 0 Å². The number of halogens is 1. The average Bonchev–Trinajstić information content (AvgIpc) is 2.54. The number of nitrogens with zero attached hydrogens (tertiary/aromatic N) is 2. The van der Waals surface area contributed by atoms with Crippen molar-refractivity contribution in [3.8, 4) is 0 Å². The molecule has 0 atom stereocenters. The highest BCUT2D eigenvalue weighted by Gasteiger charge is 2.03. The van der Waals surface area contributed by atoms with Crippen molar-refractivity contribution in [3.05, 3.63) is 28.9 Å². The lowest BCUT2D eigenvalue weighted by atomic mass is 10.4. The van der Waals surface area contributed by atoms with E-state index in [1.807, 2.05) is 5.38 Å². The highest BCUT2D eigenvalue weighted by atomic mass is 35.5. The molecule has 0 aliphatic carbocycles. The lowest BCUT2D eigenvalue weighted by molar-refractivity contribution is 1.13. The lowest BCUT2D eigenvalue weighted by Gasteiger charge is -1.99. The van der Waals surface area contributed by atoms with E-state index in [1.54, 1.807) is 29.7 Å². The highest BCUT2D eigenvalue weighted by molar-refractivity contribution is 8.01. The number of hydrogen-bond donors (Lipinski definition) is 1. The normalized spacial score (nSPS) is 10.4. The van der Waals surface area contributed by atoms with E-state index in [-0.39, 0.29) is 0 Å². The molecule has 2 aromatic heterocycles. The maximum Gasteiger partial charge on any atom is 0.156 e. The van der Waals surface area contributed by atoms with Gasteiger partial charge in [0.1, 0.15) is 10.2 Å². The zero-order chi connectivity index (χ0) is 9.97. The van der Waals surface area contributed by atoms with E-state index < -0.39 is 0 Å². The molecule has 0 bridgehead atoms. The van der Waals surface area contributed by atoms with Gasteiger partial charge in [-0.1, -0.05) is 11.6 Å². The summed E-state index contributed by atoms with van der Waals surface area (Å²) in [6.07, 6.45) is 1.75. The van der Waals surface area contributed by atoms with Gasteiger partial charge in [-0.15, -0.1) is 11.3 Å². The van der Waals surface area contributed by atoms with Crippen molar-refractivity contribution in [1.29, 1.82) is 0 Å². The van der Waals surface area contributed by atoms with Gasteiger partial charge in [-0.3, -0.25) is 0 Å². The lowest BCUT2D eigenvalue weighted by Crippen LogP contribution is -1.88. The topological polar surface area (TPSA) is 51.8 Å². The standard InChI is InChI=1S/C8H6ClN3S2/c9-6-3-5(10)4-7(12-6)14-8-11-1-2-13-8/h1-4H,(H2,10,12). The predicted molar refractivity (Wildman–Crippen MR) is 59.9 cm³/mol. The molecule has 2 rings (SSSR count). The Balaban J connectivity index is 2.25. The summed E-state index contributed by atoms with van der Waals surface area (Å²) in [5.74, 6) is 0. The van der Waals surface area contributed by atoms with Crippen LogP contribution < -0.4 is 5.73 Å². The van der Waals surface area contributed by atoms with E-state index in [2.05, 4.69) is 9.97 Å². The summed E-state index contributed by atoms with van der Waals surface area (Å²) in [6.45, 7) is 0. The number of aromatic nitrogens is 2. The van der Waals surface area contributed by atoms with Crippen molar-refractivity contribution in [1.82, 2.24) is 9.97 Å². The zero-order valence-corrected chi connectivity index (χ0v) is 9.36. The molecule has 2 N–H and O–H groups in total. The van der Waals surface area contributed by atoms with Crippen LogP contribution in [0.1, 0.15) is 0 Å². The Morgan fingerprint density at radius 1 is 1.43 bits per heavy atom. The van der Waals surface area contributed by atoms with Crippen LogP contribution in [0.15, 0.2) is 33.1 Å². The molecule has 3 nitrogen and oxygen atoms in total. The van der Waals surface area contributed by atoms with Crippen molar-refractivity contribution >= 4 is 40.4 Å². The monoisotopic (exact) mass is 243 g/mol. The highest BCUT2D eigenvalue weighted by Crippen LogP contribution is 2.29. The van der Waals surface area contributed by atoms with Crippen molar-refractivity contribution in [3.63, 3.8) is 0 Å². The molecule has 2 aromatic rings. The van der Waals surface area contributed by atoms with Crippen molar-refractivity contribution in [2.24, 2.45) is 0 Å². The molecule has 0 saturated carbocycles. The Kier molecular flexibility index (Phi) is 2.90. The fourth-order valence-electron chi connectivity index (χ4n) is 0.894. The van der Waals surface area contributed by atoms with Crippen LogP contribution in [-0.4, -0.2) is 9.97 Å². The summed E-state index contributed by atoms with van der Waals surface area (Å²) in [7, 11) is 0. The second-order valence-electron chi connectivity index (χ2n) is 2.46. The molecule has 0 aliphatic rings. The van der Waals surface area contributed by atoms with Crippen LogP contribution in [0.5, 0.6) is 0 Å². The molecule has 2 heterocycles. The van der Waals surface area contributed by atoms with E-state index in [0.717, 1.165) is 9.37 Å². The summed E-state index contributed by atoms with van der Waals surface area (Å²) in [6, 6.07) is 3.39. The number of nitrogens with two attached hydrogens (primary N) is 1. The van der Waals surface area contributed by atoms with Gasteiger partial charge in [0.2, 0.25) is 0 Å². The van der Waals surface area contributed by atoms with Crippen molar-refractivity contribution in [2.75, 3.05) is 5.73 Å². The number of hydrogen-bond acceptors (Lipinski definition) is 5. The molecular weight excluding hydrogens is 238 g/mol. The molecule has 72 valence electrons. The van der Waals surface area contributed by atoms with Gasteiger partial charge in [0, 0.05) is 17.3 Å². The Hall–Kier alpha value is -0.780. The fraction of sp³-hybridized carbons (Fsp3) is 0. The first kappa shape index (κ1) is 9.76. The van der Waals surface area contributed by atoms with Gasteiger partial charge < -0.3 is 5.73 Å². The van der Waals surface area contributed by atoms with Gasteiger partial charge in [0.05, 0.1) is 0 Å². The van der Waals surface area contributed by atoms with E-state index in [0.29, 0.717) is 10.8 Å². The molecule has 0 aromatic carbocycles. The summed E-state index contributed by atoms with van der Waals surface area (Å²) in [4.78, 5) is 8.25. The van der Waals surface area contributed by atoms with Crippen LogP contribution >= 0.6 is 34.7 Å². The Labute approximate surface area is 94.3 Å². The Bertz CT molecular complexity index is 410. The Morgan fingerprint density at radius 3 is 2.93 bits per heavy atom. The third kappa shape index (κ3) is 2.37. The number of anilines is 1. The molecule has 6 heteroatoms. The number of thiazole rings is 1. The minimum absolute atomic E-state index is 0.407. The third-order valence-electron chi connectivity index (χ3n) is 1.39. The molecule has 0 amide bonds. The Morgan fingerprint density at radius 2 is 2.29 bits per heavy atom. The smallest absolute Gasteiger partial charge is 0.156 e. The second kappa shape index (κ2) is 4.16. The maximum absolute atomic E-state index is 5.77. The summed E-state index contributed by atoms with van der Waals surface area (Å²) in [5.41, 5.74) is 6.25. The summed E-state index contributed by atoms with van der Waals surface area (Å²) >= 11 is 8.78. The first-order valence-electron chi connectivity index (χ1n) is 3.74. The van der Waals surface area contributed by atoms with E-state index in [4.69, 9.17) is 17.3 Å². The van der Waals surface area contributed by atoms with Crippen LogP contribution in [0.2, 0.25) is 5.15 Å².